The fraction of sp³-hybridized carbons (Fsp3) is 0.409. The molecule has 132 valence electrons. The minimum absolute atomic E-state index is 0. The second kappa shape index (κ2) is 8.94. The van der Waals surface area contributed by atoms with Crippen LogP contribution >= 0.6 is 0 Å². The summed E-state index contributed by atoms with van der Waals surface area (Å²) in [5.41, 5.74) is 3.10. The molecule has 0 aromatic heterocycles. The van der Waals surface area contributed by atoms with E-state index in [1.807, 2.05) is 12.1 Å². The summed E-state index contributed by atoms with van der Waals surface area (Å²) in [6, 6.07) is 9.74. The van der Waals surface area contributed by atoms with Gasteiger partial charge in [0.15, 0.2) is 11.6 Å². The number of fused-ring (bicyclic) bond motifs is 1. The second-order valence-corrected chi connectivity index (χ2v) is 7.44. The second-order valence-electron chi connectivity index (χ2n) is 7.44. The zero-order chi connectivity index (χ0) is 17.4. The van der Waals surface area contributed by atoms with Crippen molar-refractivity contribution >= 4 is 0 Å². The van der Waals surface area contributed by atoms with Gasteiger partial charge in [-0.05, 0) is 53.9 Å². The first-order chi connectivity index (χ1) is 12.1. The zero-order valence-corrected chi connectivity index (χ0v) is 20.4. The Hall–Kier alpha value is -0.0948. The van der Waals surface area contributed by atoms with E-state index in [4.69, 9.17) is 4.74 Å². The smallest absolute Gasteiger partial charge is 0.660 e. The average Bonchev–Trinajstić information content (AvgIpc) is 2.65. The van der Waals surface area contributed by atoms with E-state index in [-0.39, 0.29) is 63.9 Å². The van der Waals surface area contributed by atoms with Gasteiger partial charge < -0.3 is 4.74 Å². The Bertz CT molecular complexity index is 765. The molecule has 1 fully saturated rings. The van der Waals surface area contributed by atoms with Gasteiger partial charge >= 0.3 is 58.2 Å². The van der Waals surface area contributed by atoms with E-state index in [2.05, 4.69) is 19.1 Å². The van der Waals surface area contributed by atoms with Crippen LogP contribution in [0.1, 0.15) is 56.1 Å². The van der Waals surface area contributed by atoms with Crippen LogP contribution in [0.4, 0.5) is 8.78 Å². The third-order valence-corrected chi connectivity index (χ3v) is 5.68. The van der Waals surface area contributed by atoms with Crippen molar-refractivity contribution in [3.8, 4) is 16.9 Å². The Kier molecular flexibility index (Phi) is 7.09. The molecule has 1 saturated carbocycles. The first-order valence-corrected chi connectivity index (χ1v) is 9.23. The van der Waals surface area contributed by atoms with Gasteiger partial charge in [-0.3, -0.25) is 0 Å². The topological polar surface area (TPSA) is 9.23 Å². The molecule has 0 radical (unpaired) electrons. The number of hydrogen-bond donors (Lipinski definition) is 0. The average molecular weight is 427 g/mol. The molecule has 0 bridgehead atoms. The molecule has 0 atom stereocenters. The van der Waals surface area contributed by atoms with Crippen molar-refractivity contribution in [1.82, 2.24) is 0 Å². The summed E-state index contributed by atoms with van der Waals surface area (Å²) in [6.45, 7) is 3.85. The van der Waals surface area contributed by atoms with Crippen LogP contribution in [-0.2, 0) is 6.42 Å². The fourth-order valence-electron chi connectivity index (χ4n) is 4.07. The number of halogens is 2. The van der Waals surface area contributed by atoms with Crippen molar-refractivity contribution in [3.63, 3.8) is 0 Å². The van der Waals surface area contributed by atoms with E-state index in [0.717, 1.165) is 23.5 Å². The number of rotatable bonds is 2. The largest absolute Gasteiger partial charge is 1.00 e. The molecule has 1 aliphatic heterocycles. The molecule has 0 unspecified atom stereocenters. The van der Waals surface area contributed by atoms with Gasteiger partial charge in [-0.25, -0.2) is 4.39 Å². The minimum Gasteiger partial charge on any atom is -0.660 e. The molecule has 0 N–H and O–H groups in total. The van der Waals surface area contributed by atoms with Gasteiger partial charge in [-0.15, -0.1) is 6.42 Å². The molecular formula is C22H23F2ORb. The molecule has 2 aliphatic rings. The Morgan fingerprint density at radius 1 is 1.00 bits per heavy atom. The predicted octanol–water partition coefficient (Wildman–Crippen LogP) is 3.42. The third kappa shape index (κ3) is 4.16. The molecule has 2 aromatic carbocycles. The van der Waals surface area contributed by atoms with E-state index < -0.39 is 11.6 Å². The first kappa shape index (κ1) is 20.6. The molecule has 4 heteroatoms. The van der Waals surface area contributed by atoms with Gasteiger partial charge in [0.1, 0.15) is 5.75 Å². The molecule has 2 aromatic rings. The maximum absolute atomic E-state index is 14.5. The van der Waals surface area contributed by atoms with Crippen LogP contribution in [0.15, 0.2) is 30.3 Å². The maximum atomic E-state index is 14.5. The van der Waals surface area contributed by atoms with Crippen molar-refractivity contribution < 1.29 is 71.7 Å². The van der Waals surface area contributed by atoms with Gasteiger partial charge in [0.05, 0.1) is 0 Å². The van der Waals surface area contributed by atoms with Crippen LogP contribution < -0.4 is 62.9 Å². The number of hydrogen-bond acceptors (Lipinski definition) is 1. The molecule has 1 heterocycles. The molecule has 0 saturated heterocycles. The molecule has 0 spiro atoms. The van der Waals surface area contributed by atoms with Gasteiger partial charge in [-0.1, -0.05) is 44.0 Å². The fourth-order valence-corrected chi connectivity index (χ4v) is 4.07. The standard InChI is InChI=1S/C22H23F2O.Rb/c1-14-4-6-15(7-5-14)16-8-10-17(11-9-16)19-13-18-3-2-12-25-22(18)21(24)20(19)23;/h8-15H,2-7H2,1H3;/q-1;+1. The summed E-state index contributed by atoms with van der Waals surface area (Å²) in [4.78, 5) is 0. The Morgan fingerprint density at radius 2 is 1.69 bits per heavy atom. The minimum atomic E-state index is -0.881. The summed E-state index contributed by atoms with van der Waals surface area (Å²) in [5, 5.41) is 0. The van der Waals surface area contributed by atoms with Crippen LogP contribution in [0.2, 0.25) is 0 Å². The first-order valence-electron chi connectivity index (χ1n) is 9.23. The van der Waals surface area contributed by atoms with Crippen molar-refractivity contribution in [1.29, 1.82) is 0 Å². The van der Waals surface area contributed by atoms with Crippen molar-refractivity contribution in [2.75, 3.05) is 0 Å². The van der Waals surface area contributed by atoms with Crippen LogP contribution in [0.3, 0.4) is 0 Å². The monoisotopic (exact) mass is 426 g/mol. The number of benzene rings is 2. The summed E-state index contributed by atoms with van der Waals surface area (Å²) < 4.78 is 34.0. The molecule has 26 heavy (non-hydrogen) atoms. The van der Waals surface area contributed by atoms with Gasteiger partial charge in [0.2, 0.25) is 0 Å². The van der Waals surface area contributed by atoms with E-state index in [0.29, 0.717) is 17.9 Å². The van der Waals surface area contributed by atoms with Gasteiger partial charge in [0, 0.05) is 5.56 Å². The molecule has 4 rings (SSSR count). The SMILES string of the molecule is CC1CCC(c2ccc(-c3cc4c(c(F)c3F)O[CH-]CC4)cc2)CC1.[Rb+]. The number of aryl methyl sites for hydroxylation is 1. The normalized spacial score (nSPS) is 22.1. The number of ether oxygens (including phenoxy) is 1. The molecule has 0 amide bonds. The van der Waals surface area contributed by atoms with E-state index in [1.165, 1.54) is 37.9 Å². The maximum Gasteiger partial charge on any atom is 1.00 e. The Labute approximate surface area is 203 Å². The van der Waals surface area contributed by atoms with E-state index >= 15 is 0 Å². The molecule has 1 aliphatic carbocycles. The Balaban J connectivity index is 0.00000196. The van der Waals surface area contributed by atoms with E-state index in [1.54, 1.807) is 6.07 Å². The van der Waals surface area contributed by atoms with Gasteiger partial charge in [0.25, 0.3) is 0 Å². The van der Waals surface area contributed by atoms with Crippen molar-refractivity contribution in [2.24, 2.45) is 5.92 Å². The quantitative estimate of drug-likeness (QED) is 0.669. The van der Waals surface area contributed by atoms with Crippen LogP contribution in [-0.4, -0.2) is 0 Å². The van der Waals surface area contributed by atoms with Crippen LogP contribution in [0.25, 0.3) is 11.1 Å². The third-order valence-electron chi connectivity index (χ3n) is 5.68. The summed E-state index contributed by atoms with van der Waals surface area (Å²) in [5.74, 6) is -0.246. The zero-order valence-electron chi connectivity index (χ0n) is 15.5. The van der Waals surface area contributed by atoms with Gasteiger partial charge in [-0.2, -0.15) is 11.0 Å². The summed E-state index contributed by atoms with van der Waals surface area (Å²) in [6.07, 6.45) is 6.38. The Morgan fingerprint density at radius 3 is 2.38 bits per heavy atom. The molecular weight excluding hydrogens is 404 g/mol. The summed E-state index contributed by atoms with van der Waals surface area (Å²) >= 11 is 0. The summed E-state index contributed by atoms with van der Waals surface area (Å²) in [7, 11) is 0. The van der Waals surface area contributed by atoms with Crippen molar-refractivity contribution in [2.45, 2.75) is 51.4 Å². The van der Waals surface area contributed by atoms with Crippen molar-refractivity contribution in [3.05, 3.63) is 59.7 Å². The van der Waals surface area contributed by atoms with Crippen LogP contribution in [0, 0.1) is 24.2 Å². The van der Waals surface area contributed by atoms with E-state index in [9.17, 15) is 8.78 Å². The molecule has 1 nitrogen and oxygen atoms in total. The predicted molar refractivity (Wildman–Crippen MR) is 95.4 cm³/mol. The van der Waals surface area contributed by atoms with Crippen LogP contribution in [0.5, 0.6) is 5.75 Å².